The number of hydrogen-bond acceptors (Lipinski definition) is 5. The van der Waals surface area contributed by atoms with Crippen molar-refractivity contribution in [1.82, 2.24) is 15.2 Å². The van der Waals surface area contributed by atoms with E-state index in [1.54, 1.807) is 13.8 Å². The van der Waals surface area contributed by atoms with Crippen molar-refractivity contribution in [2.45, 2.75) is 32.6 Å². The second-order valence-electron chi connectivity index (χ2n) is 9.78. The number of carbonyl (C=O) groups excluding carboxylic acids is 3. The molecule has 1 saturated heterocycles. The van der Waals surface area contributed by atoms with E-state index in [1.807, 2.05) is 65.6 Å². The maximum Gasteiger partial charge on any atom is 0.318 e. The third-order valence-corrected chi connectivity index (χ3v) is 7.00. The van der Waals surface area contributed by atoms with Crippen LogP contribution in [-0.2, 0) is 4.79 Å². The Morgan fingerprint density at radius 3 is 2.36 bits per heavy atom. The predicted molar refractivity (Wildman–Crippen MR) is 135 cm³/mol. The van der Waals surface area contributed by atoms with E-state index < -0.39 is 23.3 Å². The van der Waals surface area contributed by atoms with E-state index in [0.717, 1.165) is 42.6 Å². The molecule has 0 unspecified atom stereocenters. The maximum atomic E-state index is 13.0. The predicted octanol–water partition coefficient (Wildman–Crippen LogP) is 4.44. The number of para-hydroxylation sites is 1. The van der Waals surface area contributed by atoms with Gasteiger partial charge in [0.25, 0.3) is 5.91 Å². The number of rotatable bonds is 4. The Labute approximate surface area is 209 Å². The second kappa shape index (κ2) is 9.11. The standard InChI is InChI=1S/C28H28N4O4/c1-28(2,26(34)31-27(29)35)23-19-7-3-4-8-22(19)36-24-20(23)13-14-21(30-24)17-9-11-18(12-10-17)25(33)32-15-5-6-16-32/h3-4,7-14,23H,5-6,15-16H2,1-2H3,(H3,29,31,34,35)/t23-/m0/s1. The number of nitrogens with one attached hydrogen (secondary N) is 1. The molecule has 1 aromatic heterocycles. The summed E-state index contributed by atoms with van der Waals surface area (Å²) in [7, 11) is 0. The van der Waals surface area contributed by atoms with Gasteiger partial charge in [-0.15, -0.1) is 0 Å². The van der Waals surface area contributed by atoms with E-state index in [9.17, 15) is 14.4 Å². The van der Waals surface area contributed by atoms with E-state index in [4.69, 9.17) is 15.5 Å². The zero-order chi connectivity index (χ0) is 25.4. The Hall–Kier alpha value is -4.20. The van der Waals surface area contributed by atoms with Crippen molar-refractivity contribution in [2.75, 3.05) is 13.1 Å². The van der Waals surface area contributed by atoms with E-state index in [0.29, 0.717) is 22.9 Å². The molecule has 2 aliphatic heterocycles. The molecule has 3 aromatic rings. The molecule has 0 bridgehead atoms. The lowest BCUT2D eigenvalue weighted by molar-refractivity contribution is -0.128. The number of pyridine rings is 1. The number of urea groups is 1. The van der Waals surface area contributed by atoms with Crippen LogP contribution in [0.2, 0.25) is 0 Å². The van der Waals surface area contributed by atoms with Gasteiger partial charge in [-0.2, -0.15) is 0 Å². The van der Waals surface area contributed by atoms with Gasteiger partial charge >= 0.3 is 6.03 Å². The molecule has 0 radical (unpaired) electrons. The van der Waals surface area contributed by atoms with Crippen molar-refractivity contribution >= 4 is 17.8 Å². The number of benzene rings is 2. The van der Waals surface area contributed by atoms with Gasteiger partial charge < -0.3 is 15.4 Å². The molecule has 0 aliphatic carbocycles. The smallest absolute Gasteiger partial charge is 0.318 e. The highest BCUT2D eigenvalue weighted by molar-refractivity contribution is 5.97. The molecule has 3 N–H and O–H groups in total. The number of aromatic nitrogens is 1. The first-order valence-electron chi connectivity index (χ1n) is 12.0. The van der Waals surface area contributed by atoms with Crippen LogP contribution in [0.15, 0.2) is 60.7 Å². The van der Waals surface area contributed by atoms with E-state index in [2.05, 4.69) is 5.32 Å². The summed E-state index contributed by atoms with van der Waals surface area (Å²) in [4.78, 5) is 43.7. The number of ether oxygens (including phenoxy) is 1. The van der Waals surface area contributed by atoms with Crippen molar-refractivity contribution in [2.24, 2.45) is 11.1 Å². The number of imide groups is 1. The summed E-state index contributed by atoms with van der Waals surface area (Å²) in [6, 6.07) is 17.8. The number of hydrogen-bond donors (Lipinski definition) is 2. The lowest BCUT2D eigenvalue weighted by atomic mass is 9.69. The van der Waals surface area contributed by atoms with Crippen LogP contribution < -0.4 is 15.8 Å². The molecular formula is C28H28N4O4. The van der Waals surface area contributed by atoms with E-state index in [-0.39, 0.29) is 5.91 Å². The lowest BCUT2D eigenvalue weighted by Gasteiger charge is -2.37. The summed E-state index contributed by atoms with van der Waals surface area (Å²) in [6.07, 6.45) is 2.10. The summed E-state index contributed by atoms with van der Waals surface area (Å²) in [5.41, 5.74) is 7.96. The Balaban J connectivity index is 1.49. The highest BCUT2D eigenvalue weighted by Crippen LogP contribution is 2.51. The van der Waals surface area contributed by atoms with Gasteiger partial charge in [0.05, 0.1) is 11.1 Å². The van der Waals surface area contributed by atoms with Crippen LogP contribution >= 0.6 is 0 Å². The molecule has 8 heteroatoms. The average molecular weight is 485 g/mol. The van der Waals surface area contributed by atoms with Gasteiger partial charge in [0.1, 0.15) is 5.75 Å². The number of amides is 4. The Morgan fingerprint density at radius 1 is 0.972 bits per heavy atom. The zero-order valence-corrected chi connectivity index (χ0v) is 20.3. The Kier molecular flexibility index (Phi) is 5.96. The minimum Gasteiger partial charge on any atom is -0.438 e. The van der Waals surface area contributed by atoms with E-state index in [1.165, 1.54) is 0 Å². The highest BCUT2D eigenvalue weighted by Gasteiger charge is 2.44. The fourth-order valence-corrected chi connectivity index (χ4v) is 5.07. The van der Waals surface area contributed by atoms with Crippen LogP contribution in [0, 0.1) is 5.41 Å². The monoisotopic (exact) mass is 484 g/mol. The zero-order valence-electron chi connectivity index (χ0n) is 20.3. The van der Waals surface area contributed by atoms with Crippen molar-refractivity contribution < 1.29 is 19.1 Å². The summed E-state index contributed by atoms with van der Waals surface area (Å²) in [5.74, 6) is 0.153. The number of carbonyl (C=O) groups is 3. The molecule has 4 amide bonds. The molecule has 5 rings (SSSR count). The van der Waals surface area contributed by atoms with Gasteiger partial charge in [-0.05, 0) is 37.1 Å². The van der Waals surface area contributed by atoms with Crippen molar-refractivity contribution in [3.63, 3.8) is 0 Å². The number of likely N-dealkylation sites (tertiary alicyclic amines) is 1. The van der Waals surface area contributed by atoms with Crippen molar-refractivity contribution in [3.05, 3.63) is 77.4 Å². The molecule has 0 saturated carbocycles. The maximum absolute atomic E-state index is 13.0. The first-order valence-corrected chi connectivity index (χ1v) is 12.0. The molecule has 1 fully saturated rings. The molecule has 2 aliphatic rings. The van der Waals surface area contributed by atoms with Gasteiger partial charge in [0, 0.05) is 41.3 Å². The van der Waals surface area contributed by atoms with Gasteiger partial charge in [0.15, 0.2) is 0 Å². The van der Waals surface area contributed by atoms with Crippen molar-refractivity contribution in [3.8, 4) is 22.9 Å². The third kappa shape index (κ3) is 4.19. The van der Waals surface area contributed by atoms with Crippen LogP contribution in [0.1, 0.15) is 54.1 Å². The third-order valence-electron chi connectivity index (χ3n) is 7.00. The number of nitrogens with two attached hydrogens (primary N) is 1. The second-order valence-corrected chi connectivity index (χ2v) is 9.78. The first kappa shape index (κ1) is 23.5. The quantitative estimate of drug-likeness (QED) is 0.568. The largest absolute Gasteiger partial charge is 0.438 e. The van der Waals surface area contributed by atoms with Crippen LogP contribution in [0.4, 0.5) is 4.79 Å². The fraction of sp³-hybridized carbons (Fsp3) is 0.286. The van der Waals surface area contributed by atoms with Crippen LogP contribution in [0.25, 0.3) is 11.3 Å². The Morgan fingerprint density at radius 2 is 1.67 bits per heavy atom. The normalized spacial score (nSPS) is 16.5. The van der Waals surface area contributed by atoms with Gasteiger partial charge in [0.2, 0.25) is 11.8 Å². The van der Waals surface area contributed by atoms with Gasteiger partial charge in [-0.25, -0.2) is 9.78 Å². The summed E-state index contributed by atoms with van der Waals surface area (Å²) < 4.78 is 6.16. The average Bonchev–Trinajstić information content (AvgIpc) is 3.41. The Bertz CT molecular complexity index is 1340. The minimum absolute atomic E-state index is 0.0525. The van der Waals surface area contributed by atoms with Crippen LogP contribution in [-0.4, -0.2) is 40.8 Å². The summed E-state index contributed by atoms with van der Waals surface area (Å²) in [5, 5.41) is 2.22. The number of fused-ring (bicyclic) bond motifs is 2. The molecule has 3 heterocycles. The highest BCUT2D eigenvalue weighted by atomic mass is 16.5. The van der Waals surface area contributed by atoms with Gasteiger partial charge in [-0.3, -0.25) is 14.9 Å². The molecular weight excluding hydrogens is 456 g/mol. The summed E-state index contributed by atoms with van der Waals surface area (Å²) >= 11 is 0. The van der Waals surface area contributed by atoms with Crippen molar-refractivity contribution in [1.29, 1.82) is 0 Å². The molecule has 0 spiro atoms. The van der Waals surface area contributed by atoms with Crippen LogP contribution in [0.5, 0.6) is 11.6 Å². The first-order chi connectivity index (χ1) is 17.3. The number of nitrogens with zero attached hydrogens (tertiary/aromatic N) is 2. The lowest BCUT2D eigenvalue weighted by Crippen LogP contribution is -2.46. The molecule has 184 valence electrons. The van der Waals surface area contributed by atoms with Gasteiger partial charge in [-0.1, -0.05) is 50.2 Å². The molecule has 2 aromatic carbocycles. The summed E-state index contributed by atoms with van der Waals surface area (Å²) in [6.45, 7) is 5.15. The SMILES string of the molecule is CC(C)(C(=O)NC(N)=O)[C@H]1c2ccccc2Oc2nc(-c3ccc(C(=O)N4CCCC4)cc3)ccc21. The van der Waals surface area contributed by atoms with Crippen LogP contribution in [0.3, 0.4) is 0 Å². The molecule has 1 atom stereocenters. The number of primary amides is 1. The minimum atomic E-state index is -1.02. The molecule has 8 nitrogen and oxygen atoms in total. The fourth-order valence-electron chi connectivity index (χ4n) is 5.07. The van der Waals surface area contributed by atoms with E-state index >= 15 is 0 Å². The molecule has 36 heavy (non-hydrogen) atoms. The topological polar surface area (TPSA) is 115 Å².